The number of benzene rings is 1. The molecule has 0 spiro atoms. The molecule has 110 valence electrons. The Morgan fingerprint density at radius 3 is 2.90 bits per heavy atom. The van der Waals surface area contributed by atoms with E-state index in [0.29, 0.717) is 18.0 Å². The molecule has 1 atom stereocenters. The van der Waals surface area contributed by atoms with Crippen LogP contribution in [0.3, 0.4) is 0 Å². The third kappa shape index (κ3) is 2.42. The second kappa shape index (κ2) is 5.21. The molecule has 0 aliphatic carbocycles. The number of hydrogen-bond donors (Lipinski definition) is 1. The van der Waals surface area contributed by atoms with Gasteiger partial charge < -0.3 is 4.90 Å². The van der Waals surface area contributed by atoms with Crippen molar-refractivity contribution in [2.75, 3.05) is 19.6 Å². The van der Waals surface area contributed by atoms with Crippen molar-refractivity contribution in [1.82, 2.24) is 15.1 Å². The molecule has 1 aromatic carbocycles. The smallest absolute Gasteiger partial charge is 0.184 e. The Hall–Kier alpha value is -1.20. The SMILES string of the molecule is O=C(C[C@@H]1CN2CCC1CC2)c1n[nH]c2cc(Br)ccc12. The van der Waals surface area contributed by atoms with Crippen molar-refractivity contribution in [1.29, 1.82) is 0 Å². The Morgan fingerprint density at radius 1 is 1.38 bits per heavy atom. The zero-order valence-corrected chi connectivity index (χ0v) is 13.4. The quantitative estimate of drug-likeness (QED) is 0.867. The number of carbonyl (C=O) groups is 1. The third-order valence-electron chi connectivity index (χ3n) is 5.03. The van der Waals surface area contributed by atoms with Crippen LogP contribution in [0, 0.1) is 11.8 Å². The lowest BCUT2D eigenvalue weighted by Gasteiger charge is -2.44. The van der Waals surface area contributed by atoms with Crippen molar-refractivity contribution in [2.24, 2.45) is 11.8 Å². The van der Waals surface area contributed by atoms with Gasteiger partial charge in [0.2, 0.25) is 0 Å². The molecule has 2 bridgehead atoms. The molecule has 3 aliphatic heterocycles. The number of piperidine rings is 3. The lowest BCUT2D eigenvalue weighted by molar-refractivity contribution is 0.0440. The van der Waals surface area contributed by atoms with E-state index >= 15 is 0 Å². The van der Waals surface area contributed by atoms with Crippen LogP contribution in [-0.2, 0) is 0 Å². The Labute approximate surface area is 132 Å². The summed E-state index contributed by atoms with van der Waals surface area (Å²) in [6, 6.07) is 5.89. The molecule has 1 aromatic heterocycles. The normalized spacial score (nSPS) is 28.1. The second-order valence-corrected chi connectivity index (χ2v) is 7.20. The molecule has 5 rings (SSSR count). The molecule has 3 fully saturated rings. The number of nitrogens with one attached hydrogen (secondary N) is 1. The van der Waals surface area contributed by atoms with Crippen molar-refractivity contribution in [3.63, 3.8) is 0 Å². The molecule has 3 saturated heterocycles. The van der Waals surface area contributed by atoms with Gasteiger partial charge >= 0.3 is 0 Å². The van der Waals surface area contributed by atoms with E-state index in [1.807, 2.05) is 18.2 Å². The second-order valence-electron chi connectivity index (χ2n) is 6.29. The van der Waals surface area contributed by atoms with E-state index in [4.69, 9.17) is 0 Å². The van der Waals surface area contributed by atoms with Crippen LogP contribution in [0.2, 0.25) is 0 Å². The van der Waals surface area contributed by atoms with E-state index in [2.05, 4.69) is 31.0 Å². The summed E-state index contributed by atoms with van der Waals surface area (Å²) in [5.74, 6) is 1.43. The number of ketones is 1. The molecule has 4 heterocycles. The highest BCUT2D eigenvalue weighted by Gasteiger charge is 2.35. The van der Waals surface area contributed by atoms with Crippen LogP contribution < -0.4 is 0 Å². The number of nitrogens with zero attached hydrogens (tertiary/aromatic N) is 2. The van der Waals surface area contributed by atoms with Crippen LogP contribution in [0.5, 0.6) is 0 Å². The Balaban J connectivity index is 1.56. The summed E-state index contributed by atoms with van der Waals surface area (Å²) in [5, 5.41) is 8.16. The summed E-state index contributed by atoms with van der Waals surface area (Å²) in [6.45, 7) is 3.52. The summed E-state index contributed by atoms with van der Waals surface area (Å²) in [5.41, 5.74) is 1.52. The zero-order valence-electron chi connectivity index (χ0n) is 11.8. The average Bonchev–Trinajstić information content (AvgIpc) is 2.91. The maximum Gasteiger partial charge on any atom is 0.184 e. The molecule has 2 aromatic rings. The predicted molar refractivity (Wildman–Crippen MR) is 85.4 cm³/mol. The van der Waals surface area contributed by atoms with Gasteiger partial charge in [0.15, 0.2) is 5.78 Å². The first-order chi connectivity index (χ1) is 10.2. The van der Waals surface area contributed by atoms with Gasteiger partial charge in [-0.05, 0) is 56.0 Å². The van der Waals surface area contributed by atoms with Gasteiger partial charge in [0.25, 0.3) is 0 Å². The van der Waals surface area contributed by atoms with E-state index < -0.39 is 0 Å². The molecule has 0 unspecified atom stereocenters. The first-order valence-corrected chi connectivity index (χ1v) is 8.39. The first-order valence-electron chi connectivity index (χ1n) is 7.60. The summed E-state index contributed by atoms with van der Waals surface area (Å²) >= 11 is 3.44. The van der Waals surface area contributed by atoms with Crippen molar-refractivity contribution in [3.8, 4) is 0 Å². The van der Waals surface area contributed by atoms with Crippen LogP contribution >= 0.6 is 15.9 Å². The molecule has 0 amide bonds. The standard InChI is InChI=1S/C16H18BrN3O/c17-12-1-2-13-14(8-12)18-19-16(13)15(21)7-11-9-20-5-3-10(11)4-6-20/h1-2,8,10-11H,3-7,9H2,(H,18,19)/t11-/m1/s1. The van der Waals surface area contributed by atoms with Gasteiger partial charge in [-0.3, -0.25) is 9.89 Å². The number of rotatable bonds is 3. The number of aromatic nitrogens is 2. The van der Waals surface area contributed by atoms with Crippen molar-refractivity contribution < 1.29 is 4.79 Å². The number of carbonyl (C=O) groups excluding carboxylic acids is 1. The molecule has 5 heteroatoms. The van der Waals surface area contributed by atoms with Crippen molar-refractivity contribution >= 4 is 32.6 Å². The number of Topliss-reactive ketones (excluding diaryl/α,β-unsaturated/α-hetero) is 1. The molecule has 0 radical (unpaired) electrons. The van der Waals surface area contributed by atoms with Gasteiger partial charge in [0, 0.05) is 22.8 Å². The van der Waals surface area contributed by atoms with Crippen LogP contribution in [0.15, 0.2) is 22.7 Å². The van der Waals surface area contributed by atoms with Crippen molar-refractivity contribution in [3.05, 3.63) is 28.4 Å². The first kappa shape index (κ1) is 13.5. The molecular formula is C16H18BrN3O. The number of hydrogen-bond acceptors (Lipinski definition) is 3. The minimum absolute atomic E-state index is 0.183. The summed E-state index contributed by atoms with van der Waals surface area (Å²) < 4.78 is 0.995. The van der Waals surface area contributed by atoms with Crippen molar-refractivity contribution in [2.45, 2.75) is 19.3 Å². The fraction of sp³-hybridized carbons (Fsp3) is 0.500. The monoisotopic (exact) mass is 347 g/mol. The number of aromatic amines is 1. The molecule has 3 aliphatic rings. The molecule has 1 N–H and O–H groups in total. The number of H-pyrrole nitrogens is 1. The van der Waals surface area contributed by atoms with E-state index in [1.165, 1.54) is 25.9 Å². The average molecular weight is 348 g/mol. The molecule has 21 heavy (non-hydrogen) atoms. The fourth-order valence-corrected chi connectivity index (χ4v) is 4.22. The van der Waals surface area contributed by atoms with Crippen LogP contribution in [0.1, 0.15) is 29.8 Å². The fourth-order valence-electron chi connectivity index (χ4n) is 3.86. The van der Waals surface area contributed by atoms with E-state index in [9.17, 15) is 4.79 Å². The Kier molecular flexibility index (Phi) is 3.34. The van der Waals surface area contributed by atoms with Gasteiger partial charge in [0.1, 0.15) is 5.69 Å². The van der Waals surface area contributed by atoms with Crippen LogP contribution in [0.4, 0.5) is 0 Å². The van der Waals surface area contributed by atoms with E-state index in [-0.39, 0.29) is 5.78 Å². The van der Waals surface area contributed by atoms with Gasteiger partial charge in [-0.1, -0.05) is 15.9 Å². The third-order valence-corrected chi connectivity index (χ3v) is 5.52. The Morgan fingerprint density at radius 2 is 2.19 bits per heavy atom. The minimum Gasteiger partial charge on any atom is -0.303 e. The highest BCUT2D eigenvalue weighted by atomic mass is 79.9. The van der Waals surface area contributed by atoms with Crippen LogP contribution in [-0.4, -0.2) is 40.5 Å². The summed E-state index contributed by atoms with van der Waals surface area (Å²) in [7, 11) is 0. The predicted octanol–water partition coefficient (Wildman–Crippen LogP) is 3.24. The molecule has 0 saturated carbocycles. The van der Waals surface area contributed by atoms with Gasteiger partial charge in [-0.25, -0.2) is 0 Å². The van der Waals surface area contributed by atoms with Gasteiger partial charge in [-0.2, -0.15) is 5.10 Å². The minimum atomic E-state index is 0.183. The van der Waals surface area contributed by atoms with Gasteiger partial charge in [-0.15, -0.1) is 0 Å². The summed E-state index contributed by atoms with van der Waals surface area (Å²) in [6.07, 6.45) is 3.15. The maximum absolute atomic E-state index is 12.6. The van der Waals surface area contributed by atoms with E-state index in [0.717, 1.165) is 27.8 Å². The largest absolute Gasteiger partial charge is 0.303 e. The summed E-state index contributed by atoms with van der Waals surface area (Å²) in [4.78, 5) is 15.1. The zero-order chi connectivity index (χ0) is 14.4. The maximum atomic E-state index is 12.6. The lowest BCUT2D eigenvalue weighted by Crippen LogP contribution is -2.47. The Bertz CT molecular complexity index is 688. The highest BCUT2D eigenvalue weighted by Crippen LogP contribution is 2.35. The lowest BCUT2D eigenvalue weighted by atomic mass is 9.76. The number of fused-ring (bicyclic) bond motifs is 4. The molecule has 4 nitrogen and oxygen atoms in total. The topological polar surface area (TPSA) is 49.0 Å². The molecular weight excluding hydrogens is 330 g/mol. The van der Waals surface area contributed by atoms with Crippen LogP contribution in [0.25, 0.3) is 10.9 Å². The van der Waals surface area contributed by atoms with E-state index in [1.54, 1.807) is 0 Å². The highest BCUT2D eigenvalue weighted by molar-refractivity contribution is 9.10. The number of halogens is 1. The van der Waals surface area contributed by atoms with Gasteiger partial charge in [0.05, 0.1) is 5.52 Å².